The smallest absolute Gasteiger partial charge is 0.147 e. The highest BCUT2D eigenvalue weighted by molar-refractivity contribution is 5.78. The lowest BCUT2D eigenvalue weighted by Crippen LogP contribution is -2.35. The molecule has 1 aliphatic carbocycles. The molecule has 0 spiro atoms. The monoisotopic (exact) mass is 207 g/mol. The lowest BCUT2D eigenvalue weighted by atomic mass is 9.91. The van der Waals surface area contributed by atoms with Gasteiger partial charge in [-0.05, 0) is 30.4 Å². The molecule has 1 heterocycles. The average molecular weight is 207 g/mol. The molecule has 15 heavy (non-hydrogen) atoms. The number of aliphatic imine (C=N–C) groups is 1. The first-order valence-corrected chi connectivity index (χ1v) is 5.56. The maximum absolute atomic E-state index is 10.9. The second-order valence-electron chi connectivity index (χ2n) is 4.50. The molecule has 82 valence electrons. The molecular weight excluding hydrogens is 190 g/mol. The standard InChI is InChI=1S/C12H17NO2/c1-8(2)10-5-6-13-11(7-14)12(10)15-9-3-4-9/h5-9,11-12H,3-4H2,1-2H3. The Kier molecular flexibility index (Phi) is 3.00. The zero-order valence-corrected chi connectivity index (χ0v) is 9.22. The number of ether oxygens (including phenoxy) is 1. The molecule has 2 aliphatic rings. The first-order chi connectivity index (χ1) is 7.22. The van der Waals surface area contributed by atoms with Crippen LogP contribution in [-0.2, 0) is 9.53 Å². The third-order valence-electron chi connectivity index (χ3n) is 2.83. The van der Waals surface area contributed by atoms with E-state index in [4.69, 9.17) is 4.74 Å². The first kappa shape index (κ1) is 10.6. The van der Waals surface area contributed by atoms with Crippen LogP contribution in [0, 0.1) is 5.92 Å². The number of nitrogens with zero attached hydrogens (tertiary/aromatic N) is 1. The van der Waals surface area contributed by atoms with E-state index in [-0.39, 0.29) is 12.1 Å². The fraction of sp³-hybridized carbons (Fsp3) is 0.667. The number of aldehydes is 1. The summed E-state index contributed by atoms with van der Waals surface area (Å²) in [5.74, 6) is 0.406. The summed E-state index contributed by atoms with van der Waals surface area (Å²) in [4.78, 5) is 15.1. The zero-order valence-electron chi connectivity index (χ0n) is 9.22. The predicted octanol–water partition coefficient (Wildman–Crippen LogP) is 1.77. The molecule has 0 aromatic rings. The zero-order chi connectivity index (χ0) is 10.8. The minimum absolute atomic E-state index is 0.125. The van der Waals surface area contributed by atoms with E-state index in [2.05, 4.69) is 18.8 Å². The van der Waals surface area contributed by atoms with Gasteiger partial charge in [-0.2, -0.15) is 0 Å². The van der Waals surface area contributed by atoms with Crippen LogP contribution in [0.5, 0.6) is 0 Å². The molecule has 1 aliphatic heterocycles. The van der Waals surface area contributed by atoms with Crippen LogP contribution in [0.4, 0.5) is 0 Å². The summed E-state index contributed by atoms with van der Waals surface area (Å²) >= 11 is 0. The van der Waals surface area contributed by atoms with Crippen LogP contribution in [0.15, 0.2) is 16.6 Å². The van der Waals surface area contributed by atoms with Crippen LogP contribution >= 0.6 is 0 Å². The van der Waals surface area contributed by atoms with Crippen LogP contribution in [0.2, 0.25) is 0 Å². The molecule has 1 saturated carbocycles. The van der Waals surface area contributed by atoms with Gasteiger partial charge in [-0.15, -0.1) is 0 Å². The minimum atomic E-state index is -0.340. The van der Waals surface area contributed by atoms with E-state index in [0.717, 1.165) is 19.1 Å². The number of allylic oxidation sites excluding steroid dienone is 1. The van der Waals surface area contributed by atoms with Gasteiger partial charge in [-0.1, -0.05) is 13.8 Å². The number of carbonyl (C=O) groups excluding carboxylic acids is 1. The van der Waals surface area contributed by atoms with Gasteiger partial charge in [-0.25, -0.2) is 0 Å². The maximum Gasteiger partial charge on any atom is 0.147 e. The van der Waals surface area contributed by atoms with Gasteiger partial charge in [0.25, 0.3) is 0 Å². The Balaban J connectivity index is 2.13. The molecule has 0 amide bonds. The number of carbonyl (C=O) groups is 1. The van der Waals surface area contributed by atoms with Crippen molar-refractivity contribution >= 4 is 12.5 Å². The summed E-state index contributed by atoms with van der Waals surface area (Å²) in [6.07, 6.45) is 7.07. The Morgan fingerprint density at radius 2 is 2.27 bits per heavy atom. The van der Waals surface area contributed by atoms with Crippen molar-refractivity contribution in [1.82, 2.24) is 0 Å². The largest absolute Gasteiger partial charge is 0.368 e. The van der Waals surface area contributed by atoms with E-state index in [1.807, 2.05) is 6.08 Å². The Morgan fingerprint density at radius 1 is 1.53 bits per heavy atom. The van der Waals surface area contributed by atoms with E-state index in [1.54, 1.807) is 6.21 Å². The van der Waals surface area contributed by atoms with Gasteiger partial charge < -0.3 is 9.53 Å². The highest BCUT2D eigenvalue weighted by Gasteiger charge is 2.34. The van der Waals surface area contributed by atoms with Gasteiger partial charge in [0, 0.05) is 6.21 Å². The Hall–Kier alpha value is -0.960. The summed E-state index contributed by atoms with van der Waals surface area (Å²) in [6, 6.07) is -0.340. The molecule has 2 atom stereocenters. The fourth-order valence-electron chi connectivity index (χ4n) is 1.80. The Morgan fingerprint density at radius 3 is 2.80 bits per heavy atom. The second kappa shape index (κ2) is 4.27. The van der Waals surface area contributed by atoms with Gasteiger partial charge in [0.2, 0.25) is 0 Å². The first-order valence-electron chi connectivity index (χ1n) is 5.56. The van der Waals surface area contributed by atoms with Gasteiger partial charge in [0.1, 0.15) is 18.4 Å². The van der Waals surface area contributed by atoms with E-state index < -0.39 is 0 Å². The molecule has 2 rings (SSSR count). The van der Waals surface area contributed by atoms with Crippen LogP contribution in [0.1, 0.15) is 26.7 Å². The van der Waals surface area contributed by atoms with Crippen molar-refractivity contribution in [1.29, 1.82) is 0 Å². The van der Waals surface area contributed by atoms with E-state index in [9.17, 15) is 4.79 Å². The highest BCUT2D eigenvalue weighted by Crippen LogP contribution is 2.31. The van der Waals surface area contributed by atoms with Crippen LogP contribution < -0.4 is 0 Å². The van der Waals surface area contributed by atoms with Gasteiger partial charge in [0.15, 0.2) is 0 Å². The van der Waals surface area contributed by atoms with Crippen molar-refractivity contribution in [2.24, 2.45) is 10.9 Å². The Bertz CT molecular complexity index is 303. The molecular formula is C12H17NO2. The van der Waals surface area contributed by atoms with E-state index in [0.29, 0.717) is 12.0 Å². The van der Waals surface area contributed by atoms with Gasteiger partial charge in [0.05, 0.1) is 6.10 Å². The van der Waals surface area contributed by atoms with Crippen molar-refractivity contribution in [2.75, 3.05) is 0 Å². The summed E-state index contributed by atoms with van der Waals surface area (Å²) in [7, 11) is 0. The maximum atomic E-state index is 10.9. The number of hydrogen-bond donors (Lipinski definition) is 0. The van der Waals surface area contributed by atoms with Crippen molar-refractivity contribution in [2.45, 2.75) is 44.9 Å². The molecule has 0 radical (unpaired) electrons. The van der Waals surface area contributed by atoms with E-state index >= 15 is 0 Å². The molecule has 0 saturated heterocycles. The Labute approximate surface area is 90.2 Å². The molecule has 2 unspecified atom stereocenters. The van der Waals surface area contributed by atoms with Crippen molar-refractivity contribution in [3.05, 3.63) is 11.6 Å². The number of dihydropyridines is 1. The molecule has 1 fully saturated rings. The van der Waals surface area contributed by atoms with Crippen LogP contribution in [0.3, 0.4) is 0 Å². The normalized spacial score (nSPS) is 30.5. The lowest BCUT2D eigenvalue weighted by Gasteiger charge is -2.28. The topological polar surface area (TPSA) is 38.7 Å². The number of hydrogen-bond acceptors (Lipinski definition) is 3. The SMILES string of the molecule is CC(C)C1=CC=NC(C=O)C1OC1CC1. The van der Waals surface area contributed by atoms with Crippen molar-refractivity contribution in [3.63, 3.8) is 0 Å². The predicted molar refractivity (Wildman–Crippen MR) is 59.2 cm³/mol. The molecule has 0 aromatic carbocycles. The molecule has 0 aromatic heterocycles. The molecule has 3 nitrogen and oxygen atoms in total. The summed E-state index contributed by atoms with van der Waals surface area (Å²) in [5, 5.41) is 0. The second-order valence-corrected chi connectivity index (χ2v) is 4.50. The van der Waals surface area contributed by atoms with Crippen molar-refractivity contribution in [3.8, 4) is 0 Å². The quantitative estimate of drug-likeness (QED) is 0.659. The third-order valence-corrected chi connectivity index (χ3v) is 2.83. The minimum Gasteiger partial charge on any atom is -0.368 e. The summed E-state index contributed by atoms with van der Waals surface area (Å²) < 4.78 is 5.87. The van der Waals surface area contributed by atoms with Crippen molar-refractivity contribution < 1.29 is 9.53 Å². The third kappa shape index (κ3) is 2.34. The van der Waals surface area contributed by atoms with Crippen LogP contribution in [-0.4, -0.2) is 30.8 Å². The average Bonchev–Trinajstić information content (AvgIpc) is 3.01. The molecule has 0 bridgehead atoms. The summed E-state index contributed by atoms with van der Waals surface area (Å²) in [6.45, 7) is 4.24. The lowest BCUT2D eigenvalue weighted by molar-refractivity contribution is -0.111. The number of rotatable bonds is 4. The van der Waals surface area contributed by atoms with Gasteiger partial charge in [-0.3, -0.25) is 4.99 Å². The van der Waals surface area contributed by atoms with Crippen LogP contribution in [0.25, 0.3) is 0 Å². The molecule has 0 N–H and O–H groups in total. The fourth-order valence-corrected chi connectivity index (χ4v) is 1.80. The van der Waals surface area contributed by atoms with E-state index in [1.165, 1.54) is 5.57 Å². The highest BCUT2D eigenvalue weighted by atomic mass is 16.5. The summed E-state index contributed by atoms with van der Waals surface area (Å²) in [5.41, 5.74) is 1.19. The molecule has 3 heteroatoms. The van der Waals surface area contributed by atoms with Gasteiger partial charge >= 0.3 is 0 Å².